The van der Waals surface area contributed by atoms with Crippen molar-refractivity contribution in [2.24, 2.45) is 11.7 Å². The first-order valence-electron chi connectivity index (χ1n) is 6.48. The van der Waals surface area contributed by atoms with E-state index >= 15 is 0 Å². The quantitative estimate of drug-likeness (QED) is 0.811. The minimum Gasteiger partial charge on any atom is -0.468 e. The van der Waals surface area contributed by atoms with Crippen LogP contribution in [0.4, 0.5) is 0 Å². The number of nitrogens with two attached hydrogens (primary N) is 1. The van der Waals surface area contributed by atoms with E-state index in [1.165, 1.54) is 25.5 Å². The first-order chi connectivity index (χ1) is 8.62. The third-order valence-corrected chi connectivity index (χ3v) is 3.86. The summed E-state index contributed by atoms with van der Waals surface area (Å²) in [5.74, 6) is 0.412. The van der Waals surface area contributed by atoms with Crippen molar-refractivity contribution in [3.63, 3.8) is 0 Å². The molecule has 1 fully saturated rings. The van der Waals surface area contributed by atoms with Gasteiger partial charge in [-0.2, -0.15) is 0 Å². The van der Waals surface area contributed by atoms with Crippen molar-refractivity contribution in [1.29, 1.82) is 0 Å². The molecule has 3 nitrogen and oxygen atoms in total. The van der Waals surface area contributed by atoms with Crippen molar-refractivity contribution in [1.82, 2.24) is 0 Å². The fourth-order valence-corrected chi connectivity index (χ4v) is 2.49. The van der Waals surface area contributed by atoms with Gasteiger partial charge in [0.15, 0.2) is 0 Å². The van der Waals surface area contributed by atoms with E-state index in [1.54, 1.807) is 0 Å². The Kier molecular flexibility index (Phi) is 3.71. The van der Waals surface area contributed by atoms with Crippen LogP contribution in [0.1, 0.15) is 30.4 Å². The van der Waals surface area contributed by atoms with E-state index in [9.17, 15) is 4.79 Å². The van der Waals surface area contributed by atoms with Crippen LogP contribution >= 0.6 is 0 Å². The average Bonchev–Trinajstić information content (AvgIpc) is 3.20. The van der Waals surface area contributed by atoms with Gasteiger partial charge in [0.2, 0.25) is 0 Å². The highest BCUT2D eigenvalue weighted by molar-refractivity contribution is 5.83. The number of hydrogen-bond donors (Lipinski definition) is 1. The van der Waals surface area contributed by atoms with Crippen LogP contribution in [-0.4, -0.2) is 19.6 Å². The maximum Gasteiger partial charge on any atom is 0.317 e. The zero-order valence-electron chi connectivity index (χ0n) is 11.1. The number of methoxy groups -OCH3 is 1. The molecule has 2 N–H and O–H groups in total. The molecule has 1 saturated carbocycles. The topological polar surface area (TPSA) is 52.3 Å². The van der Waals surface area contributed by atoms with Crippen LogP contribution in [0.5, 0.6) is 0 Å². The second-order valence-electron chi connectivity index (χ2n) is 5.29. The van der Waals surface area contributed by atoms with Gasteiger partial charge in [-0.1, -0.05) is 42.7 Å². The number of rotatable bonds is 5. The number of carbonyl (C=O) groups is 1. The minimum atomic E-state index is -0.663. The van der Waals surface area contributed by atoms with Gasteiger partial charge >= 0.3 is 5.97 Å². The van der Waals surface area contributed by atoms with E-state index in [1.807, 2.05) is 31.2 Å². The number of aryl methyl sites for hydroxylation is 1. The molecule has 1 aromatic carbocycles. The summed E-state index contributed by atoms with van der Waals surface area (Å²) in [7, 11) is 1.44. The summed E-state index contributed by atoms with van der Waals surface area (Å²) >= 11 is 0. The third-order valence-electron chi connectivity index (χ3n) is 3.86. The van der Waals surface area contributed by atoms with Crippen LogP contribution in [0, 0.1) is 12.8 Å². The van der Waals surface area contributed by atoms with Crippen LogP contribution < -0.4 is 5.73 Å². The van der Waals surface area contributed by atoms with Gasteiger partial charge in [-0.15, -0.1) is 0 Å². The number of ether oxygens (including phenoxy) is 1. The number of esters is 1. The van der Waals surface area contributed by atoms with Crippen molar-refractivity contribution in [2.45, 2.75) is 31.6 Å². The van der Waals surface area contributed by atoms with Crippen molar-refractivity contribution < 1.29 is 9.53 Å². The molecule has 1 atom stereocenters. The molecule has 0 aliphatic heterocycles. The second kappa shape index (κ2) is 5.11. The Bertz CT molecular complexity index is 423. The van der Waals surface area contributed by atoms with Gasteiger partial charge < -0.3 is 10.5 Å². The monoisotopic (exact) mass is 247 g/mol. The molecule has 1 aliphatic carbocycles. The second-order valence-corrected chi connectivity index (χ2v) is 5.29. The SMILES string of the molecule is COC(=O)C(CN)(CC1CC1)c1ccc(C)cc1. The molecule has 18 heavy (non-hydrogen) atoms. The molecule has 98 valence electrons. The van der Waals surface area contributed by atoms with E-state index in [4.69, 9.17) is 10.5 Å². The van der Waals surface area contributed by atoms with Crippen molar-refractivity contribution >= 4 is 5.97 Å². The normalized spacial score (nSPS) is 18.2. The van der Waals surface area contributed by atoms with Gasteiger partial charge in [-0.3, -0.25) is 4.79 Å². The molecule has 0 saturated heterocycles. The van der Waals surface area contributed by atoms with Crippen molar-refractivity contribution in [3.8, 4) is 0 Å². The Balaban J connectivity index is 2.37. The zero-order chi connectivity index (χ0) is 13.2. The molecular weight excluding hydrogens is 226 g/mol. The van der Waals surface area contributed by atoms with E-state index in [0.29, 0.717) is 12.5 Å². The molecule has 2 rings (SSSR count). The highest BCUT2D eigenvalue weighted by Crippen LogP contribution is 2.42. The largest absolute Gasteiger partial charge is 0.468 e. The van der Waals surface area contributed by atoms with E-state index in [0.717, 1.165) is 12.0 Å². The minimum absolute atomic E-state index is 0.208. The maximum absolute atomic E-state index is 12.2. The predicted octanol–water partition coefficient (Wildman–Crippen LogP) is 2.16. The first kappa shape index (κ1) is 13.1. The third kappa shape index (κ3) is 2.41. The highest BCUT2D eigenvalue weighted by atomic mass is 16.5. The molecule has 1 aliphatic rings. The summed E-state index contributed by atoms with van der Waals surface area (Å²) in [5, 5.41) is 0. The lowest BCUT2D eigenvalue weighted by Gasteiger charge is -2.30. The van der Waals surface area contributed by atoms with E-state index in [2.05, 4.69) is 0 Å². The molecule has 0 spiro atoms. The lowest BCUT2D eigenvalue weighted by molar-refractivity contribution is -0.147. The van der Waals surface area contributed by atoms with Gasteiger partial charge in [0, 0.05) is 6.54 Å². The molecule has 0 bridgehead atoms. The molecule has 0 heterocycles. The number of carbonyl (C=O) groups excluding carboxylic acids is 1. The summed E-state index contributed by atoms with van der Waals surface area (Å²) in [6, 6.07) is 8.05. The fourth-order valence-electron chi connectivity index (χ4n) is 2.49. The van der Waals surface area contributed by atoms with Gasteiger partial charge in [0.25, 0.3) is 0 Å². The van der Waals surface area contributed by atoms with Gasteiger partial charge in [-0.25, -0.2) is 0 Å². The summed E-state index contributed by atoms with van der Waals surface area (Å²) < 4.78 is 5.00. The Morgan fingerprint density at radius 1 is 1.39 bits per heavy atom. The van der Waals surface area contributed by atoms with Gasteiger partial charge in [0.05, 0.1) is 7.11 Å². The maximum atomic E-state index is 12.2. The highest BCUT2D eigenvalue weighted by Gasteiger charge is 2.44. The van der Waals surface area contributed by atoms with Crippen LogP contribution in [0.2, 0.25) is 0 Å². The number of benzene rings is 1. The van der Waals surface area contributed by atoms with Crippen LogP contribution in [0.3, 0.4) is 0 Å². The van der Waals surface area contributed by atoms with Crippen molar-refractivity contribution in [2.75, 3.05) is 13.7 Å². The molecular formula is C15H21NO2. The Morgan fingerprint density at radius 2 is 2.00 bits per heavy atom. The van der Waals surface area contributed by atoms with Crippen LogP contribution in [0.25, 0.3) is 0 Å². The summed E-state index contributed by atoms with van der Waals surface area (Å²) in [6.45, 7) is 2.34. The molecule has 1 unspecified atom stereocenters. The first-order valence-corrected chi connectivity index (χ1v) is 6.48. The number of hydrogen-bond acceptors (Lipinski definition) is 3. The Morgan fingerprint density at radius 3 is 2.44 bits per heavy atom. The van der Waals surface area contributed by atoms with Gasteiger partial charge in [-0.05, 0) is 24.8 Å². The average molecular weight is 247 g/mol. The fraction of sp³-hybridized carbons (Fsp3) is 0.533. The zero-order valence-corrected chi connectivity index (χ0v) is 11.1. The summed E-state index contributed by atoms with van der Waals surface area (Å²) in [4.78, 5) is 12.2. The Hall–Kier alpha value is -1.35. The smallest absolute Gasteiger partial charge is 0.317 e. The Labute approximate surface area is 108 Å². The molecule has 0 amide bonds. The summed E-state index contributed by atoms with van der Waals surface area (Å²) in [6.07, 6.45) is 3.20. The lowest BCUT2D eigenvalue weighted by Crippen LogP contribution is -2.44. The molecule has 1 aromatic rings. The van der Waals surface area contributed by atoms with Crippen LogP contribution in [0.15, 0.2) is 24.3 Å². The summed E-state index contributed by atoms with van der Waals surface area (Å²) in [5.41, 5.74) is 7.43. The van der Waals surface area contributed by atoms with Crippen molar-refractivity contribution in [3.05, 3.63) is 35.4 Å². The standard InChI is InChI=1S/C15H21NO2/c1-11-3-7-13(8-4-11)15(10-16,14(17)18-2)9-12-5-6-12/h3-4,7-8,12H,5-6,9-10,16H2,1-2H3. The van der Waals surface area contributed by atoms with Crippen LogP contribution in [-0.2, 0) is 14.9 Å². The lowest BCUT2D eigenvalue weighted by atomic mass is 9.76. The van der Waals surface area contributed by atoms with Gasteiger partial charge in [0.1, 0.15) is 5.41 Å². The van der Waals surface area contributed by atoms with E-state index < -0.39 is 5.41 Å². The molecule has 0 radical (unpaired) electrons. The molecule has 0 aromatic heterocycles. The van der Waals surface area contributed by atoms with E-state index in [-0.39, 0.29) is 5.97 Å². The predicted molar refractivity (Wildman–Crippen MR) is 71.3 cm³/mol. The molecule has 3 heteroatoms.